The van der Waals surface area contributed by atoms with Crippen molar-refractivity contribution in [3.63, 3.8) is 0 Å². The molecule has 0 unspecified atom stereocenters. The van der Waals surface area contributed by atoms with Crippen LogP contribution in [0.25, 0.3) is 28.0 Å². The Morgan fingerprint density at radius 2 is 1.95 bits per heavy atom. The minimum atomic E-state index is -0.198. The van der Waals surface area contributed by atoms with Crippen molar-refractivity contribution in [3.8, 4) is 17.1 Å². The van der Waals surface area contributed by atoms with E-state index in [0.29, 0.717) is 16.2 Å². The molecular weight excluding hydrogens is 552 g/mol. The lowest BCUT2D eigenvalue weighted by atomic mass is 10.2. The van der Waals surface area contributed by atoms with E-state index in [-0.39, 0.29) is 5.56 Å². The lowest BCUT2D eigenvalue weighted by Gasteiger charge is -2.07. The predicted octanol–water partition coefficient (Wildman–Crippen LogP) is 5.97. The van der Waals surface area contributed by atoms with Gasteiger partial charge in [0.15, 0.2) is 11.4 Å². The largest absolute Gasteiger partial charge is 0.463 e. The van der Waals surface area contributed by atoms with Crippen molar-refractivity contribution in [2.75, 3.05) is 0 Å². The Kier molecular flexibility index (Phi) is 5.90. The highest BCUT2D eigenvalue weighted by atomic mass is 79.9. The molecule has 0 amide bonds. The van der Waals surface area contributed by atoms with Crippen LogP contribution in [-0.2, 0) is 7.05 Å². The number of fused-ring (bicyclic) bond motifs is 1. The maximum atomic E-state index is 13.5. The van der Waals surface area contributed by atoms with Gasteiger partial charge in [-0.05, 0) is 49.4 Å². The van der Waals surface area contributed by atoms with E-state index in [1.165, 1.54) is 11.3 Å². The third kappa shape index (κ3) is 4.13. The van der Waals surface area contributed by atoms with E-state index >= 15 is 0 Å². The van der Waals surface area contributed by atoms with Crippen LogP contribution >= 0.6 is 27.3 Å². The third-order valence-corrected chi connectivity index (χ3v) is 7.49. The van der Waals surface area contributed by atoms with E-state index in [2.05, 4.69) is 20.9 Å². The molecule has 0 spiro atoms. The number of thiazole rings is 1. The summed E-state index contributed by atoms with van der Waals surface area (Å²) in [4.78, 5) is 22.1. The van der Waals surface area contributed by atoms with Gasteiger partial charge in [0, 0.05) is 39.6 Å². The van der Waals surface area contributed by atoms with E-state index in [1.54, 1.807) is 21.8 Å². The summed E-state index contributed by atoms with van der Waals surface area (Å²) in [6.45, 7) is 1.89. The van der Waals surface area contributed by atoms with Gasteiger partial charge in [-0.3, -0.25) is 9.48 Å². The summed E-state index contributed by atoms with van der Waals surface area (Å²) in [5.74, 6) is 0.656. The predicted molar refractivity (Wildman–Crippen MR) is 150 cm³/mol. The molecule has 0 fully saturated rings. The Hall–Kier alpha value is -4.15. The van der Waals surface area contributed by atoms with E-state index in [9.17, 15) is 4.79 Å². The Morgan fingerprint density at radius 1 is 1.11 bits per heavy atom. The summed E-state index contributed by atoms with van der Waals surface area (Å²) in [6.07, 6.45) is 5.31. The zero-order chi connectivity index (χ0) is 25.5. The first-order chi connectivity index (χ1) is 18.0. The second kappa shape index (κ2) is 9.38. The zero-order valence-electron chi connectivity index (χ0n) is 19.9. The Labute approximate surface area is 223 Å². The summed E-state index contributed by atoms with van der Waals surface area (Å²) < 4.78 is 11.8. The normalized spacial score (nSPS) is 12.4. The van der Waals surface area contributed by atoms with Crippen LogP contribution in [-0.4, -0.2) is 25.2 Å². The molecule has 0 atom stereocenters. The van der Waals surface area contributed by atoms with Crippen molar-refractivity contribution in [1.29, 1.82) is 0 Å². The Balaban J connectivity index is 1.52. The fourth-order valence-electron chi connectivity index (χ4n) is 4.20. The first-order valence-corrected chi connectivity index (χ1v) is 13.1. The maximum Gasteiger partial charge on any atom is 0.297 e. The average molecular weight is 573 g/mol. The standard InChI is InChI=1S/C27H21BrN6O2S/c1-17-25(26(35)34(32(17)2)20-7-4-3-5-8-20)31-27-33(23(16-37-27)24-9-6-12-36-24)30-15-18-14-29-22-11-10-19(28)13-21(18)22/h3-16,29H,1-2H3. The van der Waals surface area contributed by atoms with Gasteiger partial charge in [-0.15, -0.1) is 11.3 Å². The minimum absolute atomic E-state index is 0.198. The van der Waals surface area contributed by atoms with Crippen LogP contribution in [0.15, 0.2) is 102 Å². The van der Waals surface area contributed by atoms with Gasteiger partial charge in [0.05, 0.1) is 23.9 Å². The van der Waals surface area contributed by atoms with Crippen molar-refractivity contribution in [1.82, 2.24) is 19.0 Å². The number of hydrogen-bond donors (Lipinski definition) is 1. The van der Waals surface area contributed by atoms with Gasteiger partial charge < -0.3 is 9.40 Å². The number of H-pyrrole nitrogens is 1. The van der Waals surface area contributed by atoms with Crippen molar-refractivity contribution in [3.05, 3.63) is 109 Å². The third-order valence-electron chi connectivity index (χ3n) is 6.18. The van der Waals surface area contributed by atoms with Crippen LogP contribution < -0.4 is 10.4 Å². The summed E-state index contributed by atoms with van der Waals surface area (Å²) in [5.41, 5.74) is 4.36. The number of para-hydroxylation sites is 1. The van der Waals surface area contributed by atoms with Gasteiger partial charge in [0.1, 0.15) is 5.69 Å². The van der Waals surface area contributed by atoms with Crippen LogP contribution in [0, 0.1) is 6.92 Å². The highest BCUT2D eigenvalue weighted by Gasteiger charge is 2.17. The Bertz CT molecular complexity index is 1880. The maximum absolute atomic E-state index is 13.5. The number of halogens is 1. The van der Waals surface area contributed by atoms with E-state index in [1.807, 2.05) is 90.9 Å². The molecule has 10 heteroatoms. The molecule has 0 aliphatic carbocycles. The van der Waals surface area contributed by atoms with Gasteiger partial charge in [-0.25, -0.2) is 14.4 Å². The molecule has 0 saturated carbocycles. The van der Waals surface area contributed by atoms with E-state index in [0.717, 1.165) is 38.0 Å². The van der Waals surface area contributed by atoms with Gasteiger partial charge in [0.2, 0.25) is 4.80 Å². The molecule has 0 radical (unpaired) electrons. The van der Waals surface area contributed by atoms with Gasteiger partial charge in [-0.1, -0.05) is 34.1 Å². The molecule has 0 aliphatic heterocycles. The van der Waals surface area contributed by atoms with Gasteiger partial charge in [0.25, 0.3) is 5.56 Å². The number of nitrogens with zero attached hydrogens (tertiary/aromatic N) is 5. The van der Waals surface area contributed by atoms with Crippen LogP contribution in [0.3, 0.4) is 0 Å². The molecule has 0 aliphatic rings. The van der Waals surface area contributed by atoms with E-state index in [4.69, 9.17) is 14.5 Å². The molecule has 6 rings (SSSR count). The summed E-state index contributed by atoms with van der Waals surface area (Å²) in [5, 5.41) is 7.75. The minimum Gasteiger partial charge on any atom is -0.463 e. The summed E-state index contributed by atoms with van der Waals surface area (Å²) in [6, 6.07) is 19.3. The number of benzene rings is 2. The fourth-order valence-corrected chi connectivity index (χ4v) is 5.39. The molecular formula is C27H21BrN6O2S. The monoisotopic (exact) mass is 572 g/mol. The topological polar surface area (TPSA) is 85.5 Å². The summed E-state index contributed by atoms with van der Waals surface area (Å²) >= 11 is 4.93. The number of aromatic amines is 1. The lowest BCUT2D eigenvalue weighted by molar-refractivity contribution is 0.575. The van der Waals surface area contributed by atoms with Gasteiger partial charge in [-0.2, -0.15) is 5.10 Å². The van der Waals surface area contributed by atoms with Crippen LogP contribution in [0.5, 0.6) is 0 Å². The van der Waals surface area contributed by atoms with Crippen LogP contribution in [0.4, 0.5) is 5.69 Å². The van der Waals surface area contributed by atoms with E-state index < -0.39 is 0 Å². The molecule has 8 nitrogen and oxygen atoms in total. The molecule has 0 bridgehead atoms. The number of rotatable bonds is 5. The lowest BCUT2D eigenvalue weighted by Crippen LogP contribution is -2.19. The zero-order valence-corrected chi connectivity index (χ0v) is 22.3. The van der Waals surface area contributed by atoms with Crippen molar-refractivity contribution in [2.24, 2.45) is 17.1 Å². The van der Waals surface area contributed by atoms with Crippen molar-refractivity contribution >= 4 is 50.1 Å². The molecule has 4 aromatic heterocycles. The molecule has 6 aromatic rings. The number of furan rings is 1. The molecule has 4 heterocycles. The first-order valence-electron chi connectivity index (χ1n) is 11.5. The SMILES string of the molecule is Cc1c(N=c2scc(-c3ccco3)n2N=Cc2c[nH]c3ccc(Br)cc23)c(=O)n(-c2ccccc2)n1C. The first kappa shape index (κ1) is 23.3. The summed E-state index contributed by atoms with van der Waals surface area (Å²) in [7, 11) is 1.85. The second-order valence-electron chi connectivity index (χ2n) is 8.39. The molecule has 184 valence electrons. The number of nitrogens with one attached hydrogen (secondary N) is 1. The second-order valence-corrected chi connectivity index (χ2v) is 10.1. The number of aromatic nitrogens is 4. The van der Waals surface area contributed by atoms with Gasteiger partial charge >= 0.3 is 0 Å². The van der Waals surface area contributed by atoms with Crippen LogP contribution in [0.1, 0.15) is 11.3 Å². The smallest absolute Gasteiger partial charge is 0.297 e. The fraction of sp³-hybridized carbons (Fsp3) is 0.0741. The number of hydrogen-bond acceptors (Lipinski definition) is 5. The quantitative estimate of drug-likeness (QED) is 0.258. The average Bonchev–Trinajstić information content (AvgIpc) is 3.68. The molecule has 1 N–H and O–H groups in total. The molecule has 2 aromatic carbocycles. The highest BCUT2D eigenvalue weighted by molar-refractivity contribution is 9.10. The molecule has 0 saturated heterocycles. The molecule has 37 heavy (non-hydrogen) atoms. The van der Waals surface area contributed by atoms with Crippen molar-refractivity contribution < 1.29 is 4.42 Å². The van der Waals surface area contributed by atoms with Crippen molar-refractivity contribution in [2.45, 2.75) is 6.92 Å². The highest BCUT2D eigenvalue weighted by Crippen LogP contribution is 2.24. The van der Waals surface area contributed by atoms with Crippen LogP contribution in [0.2, 0.25) is 0 Å². The Morgan fingerprint density at radius 3 is 2.73 bits per heavy atom.